The number of aryl methyl sites for hydroxylation is 1. The molecule has 0 spiro atoms. The maximum atomic E-state index is 12.3. The van der Waals surface area contributed by atoms with Crippen LogP contribution >= 0.6 is 0 Å². The van der Waals surface area contributed by atoms with E-state index in [1.54, 1.807) is 56.3 Å². The van der Waals surface area contributed by atoms with E-state index < -0.39 is 17.5 Å². The molecule has 0 bridgehead atoms. The molecule has 1 fully saturated rings. The van der Waals surface area contributed by atoms with Gasteiger partial charge in [0, 0.05) is 11.4 Å². The van der Waals surface area contributed by atoms with Gasteiger partial charge in [-0.15, -0.1) is 0 Å². The number of nitrogens with one attached hydrogen (secondary N) is 3. The van der Waals surface area contributed by atoms with Crippen molar-refractivity contribution in [2.75, 3.05) is 5.32 Å². The SMILES string of the molecule is Cc1cccc(C(=O)Nc2cccc(C3(C)NC(=O)NC3=O)c2)n1. The number of anilines is 1. The fourth-order valence-electron chi connectivity index (χ4n) is 2.52. The Balaban J connectivity index is 1.85. The van der Waals surface area contributed by atoms with Gasteiger partial charge in [-0.25, -0.2) is 9.78 Å². The van der Waals surface area contributed by atoms with Crippen molar-refractivity contribution in [3.05, 3.63) is 59.4 Å². The van der Waals surface area contributed by atoms with Crippen LogP contribution in [0.3, 0.4) is 0 Å². The van der Waals surface area contributed by atoms with E-state index in [0.717, 1.165) is 5.69 Å². The summed E-state index contributed by atoms with van der Waals surface area (Å²) in [4.78, 5) is 39.9. The maximum absolute atomic E-state index is 12.3. The van der Waals surface area contributed by atoms with E-state index in [4.69, 9.17) is 0 Å². The van der Waals surface area contributed by atoms with Crippen LogP contribution in [0.15, 0.2) is 42.5 Å². The highest BCUT2D eigenvalue weighted by molar-refractivity contribution is 6.07. The monoisotopic (exact) mass is 324 g/mol. The summed E-state index contributed by atoms with van der Waals surface area (Å²) in [6.45, 7) is 3.41. The molecule has 1 atom stereocenters. The van der Waals surface area contributed by atoms with E-state index in [1.807, 2.05) is 0 Å². The van der Waals surface area contributed by atoms with Gasteiger partial charge in [-0.05, 0) is 43.7 Å². The predicted octanol–water partition coefficient (Wildman–Crippen LogP) is 1.70. The van der Waals surface area contributed by atoms with Gasteiger partial charge in [-0.2, -0.15) is 0 Å². The summed E-state index contributed by atoms with van der Waals surface area (Å²) in [7, 11) is 0. The second kappa shape index (κ2) is 5.77. The topological polar surface area (TPSA) is 100 Å². The average molecular weight is 324 g/mol. The summed E-state index contributed by atoms with van der Waals surface area (Å²) in [6, 6.07) is 11.4. The maximum Gasteiger partial charge on any atom is 0.322 e. The van der Waals surface area contributed by atoms with Gasteiger partial charge in [0.1, 0.15) is 11.2 Å². The molecule has 2 heterocycles. The van der Waals surface area contributed by atoms with Crippen molar-refractivity contribution in [1.29, 1.82) is 0 Å². The molecule has 0 radical (unpaired) electrons. The third-order valence-corrected chi connectivity index (χ3v) is 3.86. The molecule has 1 aliphatic rings. The number of urea groups is 1. The van der Waals surface area contributed by atoms with Gasteiger partial charge in [0.05, 0.1) is 0 Å². The summed E-state index contributed by atoms with van der Waals surface area (Å²) >= 11 is 0. The lowest BCUT2D eigenvalue weighted by atomic mass is 9.92. The molecule has 1 aliphatic heterocycles. The van der Waals surface area contributed by atoms with Crippen molar-refractivity contribution in [2.24, 2.45) is 0 Å². The van der Waals surface area contributed by atoms with Gasteiger partial charge in [-0.1, -0.05) is 18.2 Å². The van der Waals surface area contributed by atoms with Crippen molar-refractivity contribution >= 4 is 23.5 Å². The highest BCUT2D eigenvalue weighted by Crippen LogP contribution is 2.26. The van der Waals surface area contributed by atoms with Crippen LogP contribution in [-0.4, -0.2) is 22.8 Å². The Bertz CT molecular complexity index is 849. The Hall–Kier alpha value is -3.22. The summed E-state index contributed by atoms with van der Waals surface area (Å²) < 4.78 is 0. The Morgan fingerprint density at radius 3 is 2.58 bits per heavy atom. The molecule has 1 aromatic heterocycles. The zero-order valence-corrected chi connectivity index (χ0v) is 13.2. The number of pyridine rings is 1. The Morgan fingerprint density at radius 2 is 1.92 bits per heavy atom. The minimum Gasteiger partial charge on any atom is -0.321 e. The minimum atomic E-state index is -1.17. The molecular weight excluding hydrogens is 308 g/mol. The Morgan fingerprint density at radius 1 is 1.17 bits per heavy atom. The molecule has 7 nitrogen and oxygen atoms in total. The van der Waals surface area contributed by atoms with Crippen molar-refractivity contribution in [2.45, 2.75) is 19.4 Å². The van der Waals surface area contributed by atoms with E-state index in [9.17, 15) is 14.4 Å². The lowest BCUT2D eigenvalue weighted by Gasteiger charge is -2.21. The first kappa shape index (κ1) is 15.7. The Labute approximate surface area is 138 Å². The number of amides is 4. The highest BCUT2D eigenvalue weighted by atomic mass is 16.2. The lowest BCUT2D eigenvalue weighted by Crippen LogP contribution is -2.40. The van der Waals surface area contributed by atoms with E-state index in [-0.39, 0.29) is 5.91 Å². The Kier molecular flexibility index (Phi) is 3.76. The molecule has 0 aliphatic carbocycles. The number of hydrogen-bond donors (Lipinski definition) is 3. The van der Waals surface area contributed by atoms with E-state index in [0.29, 0.717) is 16.9 Å². The fraction of sp³-hybridized carbons (Fsp3) is 0.176. The number of imide groups is 1. The van der Waals surface area contributed by atoms with Crippen LogP contribution in [0.2, 0.25) is 0 Å². The minimum absolute atomic E-state index is 0.304. The molecule has 24 heavy (non-hydrogen) atoms. The molecular formula is C17H16N4O3. The number of carbonyl (C=O) groups is 3. The molecule has 4 amide bonds. The first-order chi connectivity index (χ1) is 11.4. The number of aromatic nitrogens is 1. The number of hydrogen-bond acceptors (Lipinski definition) is 4. The second-order valence-electron chi connectivity index (χ2n) is 5.73. The zero-order chi connectivity index (χ0) is 17.3. The molecule has 1 unspecified atom stereocenters. The van der Waals surface area contributed by atoms with Crippen LogP contribution < -0.4 is 16.0 Å². The fourth-order valence-corrected chi connectivity index (χ4v) is 2.52. The molecule has 122 valence electrons. The van der Waals surface area contributed by atoms with Crippen LogP contribution in [0, 0.1) is 6.92 Å². The molecule has 7 heteroatoms. The molecule has 3 rings (SSSR count). The molecule has 1 aromatic carbocycles. The van der Waals surface area contributed by atoms with Crippen LogP contribution in [0.5, 0.6) is 0 Å². The standard InChI is InChI=1S/C17H16N4O3/c1-10-5-3-8-13(18-10)14(22)19-12-7-4-6-11(9-12)17(2)15(23)20-16(24)21-17/h3-9H,1-2H3,(H,19,22)(H2,20,21,23,24). The first-order valence-corrected chi connectivity index (χ1v) is 7.37. The third kappa shape index (κ3) is 2.83. The van der Waals surface area contributed by atoms with Crippen LogP contribution in [0.25, 0.3) is 0 Å². The van der Waals surface area contributed by atoms with Gasteiger partial charge in [0.15, 0.2) is 0 Å². The molecule has 1 saturated heterocycles. The highest BCUT2D eigenvalue weighted by Gasteiger charge is 2.43. The van der Waals surface area contributed by atoms with Crippen LogP contribution in [-0.2, 0) is 10.3 Å². The third-order valence-electron chi connectivity index (χ3n) is 3.86. The van der Waals surface area contributed by atoms with E-state index >= 15 is 0 Å². The predicted molar refractivity (Wildman–Crippen MR) is 87.4 cm³/mol. The number of nitrogens with zero attached hydrogens (tertiary/aromatic N) is 1. The van der Waals surface area contributed by atoms with Gasteiger partial charge in [0.25, 0.3) is 11.8 Å². The normalized spacial score (nSPS) is 19.6. The van der Waals surface area contributed by atoms with Crippen molar-refractivity contribution in [3.63, 3.8) is 0 Å². The smallest absolute Gasteiger partial charge is 0.321 e. The second-order valence-corrected chi connectivity index (χ2v) is 5.73. The van der Waals surface area contributed by atoms with E-state index in [1.165, 1.54) is 0 Å². The number of rotatable bonds is 3. The molecule has 3 N–H and O–H groups in total. The lowest BCUT2D eigenvalue weighted by molar-refractivity contribution is -0.123. The molecule has 2 aromatic rings. The van der Waals surface area contributed by atoms with Crippen LogP contribution in [0.1, 0.15) is 28.7 Å². The van der Waals surface area contributed by atoms with Crippen molar-refractivity contribution in [1.82, 2.24) is 15.6 Å². The summed E-state index contributed by atoms with van der Waals surface area (Å²) in [6.07, 6.45) is 0. The van der Waals surface area contributed by atoms with Gasteiger partial charge >= 0.3 is 6.03 Å². The quantitative estimate of drug-likeness (QED) is 0.748. The van der Waals surface area contributed by atoms with Crippen molar-refractivity contribution < 1.29 is 14.4 Å². The van der Waals surface area contributed by atoms with Gasteiger partial charge in [-0.3, -0.25) is 14.9 Å². The summed E-state index contributed by atoms with van der Waals surface area (Å²) in [5, 5.41) is 7.55. The van der Waals surface area contributed by atoms with E-state index in [2.05, 4.69) is 20.9 Å². The largest absolute Gasteiger partial charge is 0.322 e. The zero-order valence-electron chi connectivity index (χ0n) is 13.2. The summed E-state index contributed by atoms with van der Waals surface area (Å²) in [5.74, 6) is -0.780. The van der Waals surface area contributed by atoms with Crippen LogP contribution in [0.4, 0.5) is 10.5 Å². The average Bonchev–Trinajstić information content (AvgIpc) is 2.81. The van der Waals surface area contributed by atoms with Gasteiger partial charge in [0.2, 0.25) is 0 Å². The number of benzene rings is 1. The number of carbonyl (C=O) groups excluding carboxylic acids is 3. The van der Waals surface area contributed by atoms with Gasteiger partial charge < -0.3 is 10.6 Å². The van der Waals surface area contributed by atoms with Crippen molar-refractivity contribution in [3.8, 4) is 0 Å². The first-order valence-electron chi connectivity index (χ1n) is 7.37. The molecule has 0 saturated carbocycles. The summed E-state index contributed by atoms with van der Waals surface area (Å²) in [5.41, 5.74) is 0.962.